The van der Waals surface area contributed by atoms with Gasteiger partial charge in [0.05, 0.1) is 18.8 Å². The minimum atomic E-state index is -0.310. The smallest absolute Gasteiger partial charge is 0.171 e. The molecular weight excluding hydrogens is 388 g/mol. The molecule has 7 rings (SSSR count). The topological polar surface area (TPSA) is 48.1 Å². The molecule has 4 saturated carbocycles. The minimum Gasteiger partial charge on any atom is -0.361 e. The van der Waals surface area contributed by atoms with Gasteiger partial charge in [-0.05, 0) is 79.4 Å². The summed E-state index contributed by atoms with van der Waals surface area (Å²) in [5.41, 5.74) is 0.593. The van der Waals surface area contributed by atoms with Crippen molar-refractivity contribution in [3.05, 3.63) is 0 Å². The Morgan fingerprint density at radius 3 is 2.61 bits per heavy atom. The third kappa shape index (κ3) is 2.36. The molecule has 4 nitrogen and oxygen atoms in total. The van der Waals surface area contributed by atoms with Gasteiger partial charge in [0.25, 0.3) is 0 Å². The van der Waals surface area contributed by atoms with E-state index in [-0.39, 0.29) is 23.4 Å². The second-order valence-corrected chi connectivity index (χ2v) is 13.2. The van der Waals surface area contributed by atoms with E-state index >= 15 is 0 Å². The van der Waals surface area contributed by atoms with Crippen LogP contribution < -0.4 is 0 Å². The van der Waals surface area contributed by atoms with Crippen molar-refractivity contribution in [1.82, 2.24) is 0 Å². The highest BCUT2D eigenvalue weighted by molar-refractivity contribution is 5.87. The number of Topliss-reactive ketones (excluding diaryl/α,β-unsaturated/α-hetero) is 1. The highest BCUT2D eigenvalue weighted by Gasteiger charge is 2.72. The summed E-state index contributed by atoms with van der Waals surface area (Å²) in [6.07, 6.45) is 9.98. The van der Waals surface area contributed by atoms with Crippen LogP contribution in [0, 0.1) is 52.3 Å². The number of hydrogen-bond donors (Lipinski definition) is 0. The Labute approximate surface area is 187 Å². The third-order valence-electron chi connectivity index (χ3n) is 12.1. The number of ketones is 1. The molecule has 31 heavy (non-hydrogen) atoms. The molecule has 7 aliphatic rings. The molecule has 3 aliphatic heterocycles. The van der Waals surface area contributed by atoms with Crippen LogP contribution in [-0.2, 0) is 19.0 Å². The number of hydrogen-bond acceptors (Lipinski definition) is 4. The lowest BCUT2D eigenvalue weighted by Gasteiger charge is -2.60. The van der Waals surface area contributed by atoms with Gasteiger partial charge in [-0.2, -0.15) is 0 Å². The van der Waals surface area contributed by atoms with Gasteiger partial charge in [0.2, 0.25) is 0 Å². The highest BCUT2D eigenvalue weighted by atomic mass is 16.7. The van der Waals surface area contributed by atoms with Crippen molar-refractivity contribution in [2.75, 3.05) is 6.61 Å². The summed E-state index contributed by atoms with van der Waals surface area (Å²) in [6, 6.07) is 0. The van der Waals surface area contributed by atoms with Crippen molar-refractivity contribution in [2.45, 2.75) is 103 Å². The van der Waals surface area contributed by atoms with Gasteiger partial charge in [0, 0.05) is 24.2 Å². The molecular formula is C27H40O4. The summed E-state index contributed by atoms with van der Waals surface area (Å²) < 4.78 is 19.4. The summed E-state index contributed by atoms with van der Waals surface area (Å²) in [5.74, 6) is 4.67. The molecule has 13 atom stereocenters. The fourth-order valence-electron chi connectivity index (χ4n) is 10.4. The lowest BCUT2D eigenvalue weighted by Crippen LogP contribution is -2.57. The van der Waals surface area contributed by atoms with Crippen LogP contribution in [0.15, 0.2) is 0 Å². The van der Waals surface area contributed by atoms with Crippen molar-refractivity contribution in [1.29, 1.82) is 0 Å². The number of carbonyl (C=O) groups is 1. The van der Waals surface area contributed by atoms with Gasteiger partial charge in [-0.25, -0.2) is 0 Å². The van der Waals surface area contributed by atoms with Crippen LogP contribution in [0.1, 0.15) is 79.1 Å². The molecule has 0 aromatic rings. The monoisotopic (exact) mass is 428 g/mol. The van der Waals surface area contributed by atoms with E-state index in [1.807, 2.05) is 0 Å². The van der Waals surface area contributed by atoms with E-state index in [9.17, 15) is 4.79 Å². The molecule has 3 heterocycles. The van der Waals surface area contributed by atoms with Gasteiger partial charge in [0.1, 0.15) is 6.10 Å². The number of epoxide rings is 1. The Hall–Kier alpha value is -0.450. The predicted octanol–water partition coefficient (Wildman–Crippen LogP) is 4.99. The van der Waals surface area contributed by atoms with Gasteiger partial charge in [0.15, 0.2) is 11.6 Å². The summed E-state index contributed by atoms with van der Waals surface area (Å²) in [4.78, 5) is 12.4. The molecule has 0 bridgehead atoms. The standard InChI is InChI=1S/C27H40O4/c1-14-7-10-27(29-13-14)15(2)22-21(31-27)12-19-17-6-5-16-11-20(28)23-24(30-23)26(16,4)18(17)8-9-25(19,22)3/h14-19,21-24H,5-13H2,1-4H3/t14-,15+,16+,17-,18+,19+,21+,22+,23+,24+,25+,26+,27-/m1/s1. The van der Waals surface area contributed by atoms with Gasteiger partial charge in [-0.1, -0.05) is 27.7 Å². The first kappa shape index (κ1) is 20.0. The highest BCUT2D eigenvalue weighted by Crippen LogP contribution is 2.72. The van der Waals surface area contributed by atoms with Gasteiger partial charge < -0.3 is 14.2 Å². The molecule has 0 aromatic heterocycles. The molecule has 0 radical (unpaired) electrons. The molecule has 172 valence electrons. The van der Waals surface area contributed by atoms with E-state index in [0.717, 1.165) is 37.2 Å². The van der Waals surface area contributed by atoms with Crippen LogP contribution in [0.5, 0.6) is 0 Å². The van der Waals surface area contributed by atoms with Crippen LogP contribution in [0.4, 0.5) is 0 Å². The predicted molar refractivity (Wildman–Crippen MR) is 116 cm³/mol. The van der Waals surface area contributed by atoms with E-state index in [1.54, 1.807) is 0 Å². The summed E-state index contributed by atoms with van der Waals surface area (Å²) in [7, 11) is 0. The van der Waals surface area contributed by atoms with Crippen LogP contribution >= 0.6 is 0 Å². The summed E-state index contributed by atoms with van der Waals surface area (Å²) in [6.45, 7) is 10.7. The molecule has 0 unspecified atom stereocenters. The first-order chi connectivity index (χ1) is 14.8. The minimum absolute atomic E-state index is 0.0645. The van der Waals surface area contributed by atoms with Gasteiger partial charge in [-0.3, -0.25) is 4.79 Å². The fourth-order valence-corrected chi connectivity index (χ4v) is 10.4. The zero-order valence-corrected chi connectivity index (χ0v) is 19.8. The average molecular weight is 429 g/mol. The molecule has 4 aliphatic carbocycles. The molecule has 0 N–H and O–H groups in total. The normalized spacial score (nSPS) is 64.3. The number of carbonyl (C=O) groups excluding carboxylic acids is 1. The van der Waals surface area contributed by atoms with Crippen molar-refractivity contribution in [3.63, 3.8) is 0 Å². The fraction of sp³-hybridized carbons (Fsp3) is 0.963. The Morgan fingerprint density at radius 1 is 1.00 bits per heavy atom. The second-order valence-electron chi connectivity index (χ2n) is 13.2. The molecule has 7 fully saturated rings. The summed E-state index contributed by atoms with van der Waals surface area (Å²) >= 11 is 0. The number of fused-ring (bicyclic) bond motifs is 9. The Kier molecular flexibility index (Phi) is 3.97. The van der Waals surface area contributed by atoms with Crippen molar-refractivity contribution >= 4 is 5.78 Å². The lowest BCUT2D eigenvalue weighted by molar-refractivity contribution is -0.273. The second kappa shape index (κ2) is 6.16. The van der Waals surface area contributed by atoms with Crippen LogP contribution in [0.25, 0.3) is 0 Å². The Morgan fingerprint density at radius 2 is 1.84 bits per heavy atom. The lowest BCUT2D eigenvalue weighted by atomic mass is 9.44. The maximum atomic E-state index is 12.4. The number of rotatable bonds is 0. The van der Waals surface area contributed by atoms with Gasteiger partial charge >= 0.3 is 0 Å². The van der Waals surface area contributed by atoms with E-state index < -0.39 is 0 Å². The first-order valence-electron chi connectivity index (χ1n) is 13.3. The van der Waals surface area contributed by atoms with Gasteiger partial charge in [-0.15, -0.1) is 0 Å². The molecule has 1 spiro atoms. The SMILES string of the molecule is C[C@@H]1CC[C@@]2(OC1)O[C@H]1C[C@H]3[C@@H]4CC[C@H]5CC(=O)[C@@H]6O[C@@H]6[C@]5(C)[C@H]4CC[C@]3(C)[C@H]1[C@@H]2C. The zero-order chi connectivity index (χ0) is 21.3. The van der Waals surface area contributed by atoms with E-state index in [2.05, 4.69) is 27.7 Å². The molecule has 4 heteroatoms. The Bertz CT molecular complexity index is 801. The van der Waals surface area contributed by atoms with Crippen molar-refractivity contribution in [2.24, 2.45) is 52.3 Å². The molecule has 3 saturated heterocycles. The largest absolute Gasteiger partial charge is 0.361 e. The molecule has 0 aromatic carbocycles. The Balaban J connectivity index is 1.17. The van der Waals surface area contributed by atoms with E-state index in [1.165, 1.54) is 38.5 Å². The maximum Gasteiger partial charge on any atom is 0.171 e. The third-order valence-corrected chi connectivity index (χ3v) is 12.1. The van der Waals surface area contributed by atoms with Crippen molar-refractivity contribution in [3.8, 4) is 0 Å². The van der Waals surface area contributed by atoms with Crippen molar-refractivity contribution < 1.29 is 19.0 Å². The maximum absolute atomic E-state index is 12.4. The zero-order valence-electron chi connectivity index (χ0n) is 19.8. The van der Waals surface area contributed by atoms with Crippen LogP contribution in [-0.4, -0.2) is 36.5 Å². The quantitative estimate of drug-likeness (QED) is 0.510. The van der Waals surface area contributed by atoms with Crippen LogP contribution in [0.2, 0.25) is 0 Å². The molecule has 0 amide bonds. The average Bonchev–Trinajstić information content (AvgIpc) is 3.45. The van der Waals surface area contributed by atoms with E-state index in [0.29, 0.717) is 41.0 Å². The first-order valence-corrected chi connectivity index (χ1v) is 13.3. The van der Waals surface area contributed by atoms with Crippen LogP contribution in [0.3, 0.4) is 0 Å². The van der Waals surface area contributed by atoms with E-state index in [4.69, 9.17) is 14.2 Å². The summed E-state index contributed by atoms with van der Waals surface area (Å²) in [5, 5.41) is 0. The number of ether oxygens (including phenoxy) is 3.